The first-order valence-corrected chi connectivity index (χ1v) is 6.26. The Hall–Kier alpha value is -2.60. The largest absolute Gasteiger partial charge is 0.497 e. The van der Waals surface area contributed by atoms with Crippen molar-refractivity contribution in [3.8, 4) is 17.2 Å². The highest BCUT2D eigenvalue weighted by Gasteiger charge is 2.17. The van der Waals surface area contributed by atoms with E-state index in [-0.39, 0.29) is 18.0 Å². The van der Waals surface area contributed by atoms with Crippen LogP contribution in [-0.4, -0.2) is 17.1 Å². The minimum Gasteiger partial charge on any atom is -0.497 e. The average molecular weight is 289 g/mol. The molecule has 6 nitrogen and oxygen atoms in total. The van der Waals surface area contributed by atoms with Crippen LogP contribution in [0.3, 0.4) is 0 Å². The van der Waals surface area contributed by atoms with E-state index in [1.165, 1.54) is 25.3 Å². The molecule has 1 N–H and O–H groups in total. The Bertz CT molecular complexity index is 669. The summed E-state index contributed by atoms with van der Waals surface area (Å²) in [6.07, 6.45) is 0. The molecule has 0 saturated carbocycles. The van der Waals surface area contributed by atoms with E-state index in [0.717, 1.165) is 11.1 Å². The Labute approximate surface area is 121 Å². The molecule has 0 bridgehead atoms. The van der Waals surface area contributed by atoms with Crippen molar-refractivity contribution in [3.05, 3.63) is 57.6 Å². The van der Waals surface area contributed by atoms with Crippen LogP contribution in [-0.2, 0) is 6.61 Å². The molecule has 6 heteroatoms. The van der Waals surface area contributed by atoms with Crippen LogP contribution >= 0.6 is 0 Å². The summed E-state index contributed by atoms with van der Waals surface area (Å²) in [6, 6.07) is 9.40. The quantitative estimate of drug-likeness (QED) is 0.675. The number of nitrogens with zero attached hydrogens (tertiary/aromatic N) is 1. The lowest BCUT2D eigenvalue weighted by atomic mass is 10.1. The zero-order valence-electron chi connectivity index (χ0n) is 11.7. The highest BCUT2D eigenvalue weighted by atomic mass is 16.6. The second-order valence-corrected chi connectivity index (χ2v) is 4.44. The molecule has 2 rings (SSSR count). The summed E-state index contributed by atoms with van der Waals surface area (Å²) >= 11 is 0. The fourth-order valence-electron chi connectivity index (χ4n) is 1.89. The minimum absolute atomic E-state index is 0.0641. The van der Waals surface area contributed by atoms with Crippen molar-refractivity contribution >= 4 is 5.69 Å². The molecule has 0 fully saturated rings. The molecule has 21 heavy (non-hydrogen) atoms. The predicted octanol–water partition coefficient (Wildman–Crippen LogP) is 3.20. The summed E-state index contributed by atoms with van der Waals surface area (Å²) in [4.78, 5) is 10.5. The van der Waals surface area contributed by atoms with Gasteiger partial charge in [-0.05, 0) is 36.2 Å². The number of methoxy groups -OCH3 is 1. The molecule has 2 aromatic carbocycles. The maximum atomic E-state index is 11.0. The Kier molecular flexibility index (Phi) is 4.39. The summed E-state index contributed by atoms with van der Waals surface area (Å²) in [7, 11) is 1.48. The van der Waals surface area contributed by atoms with E-state index in [0.29, 0.717) is 11.5 Å². The van der Waals surface area contributed by atoms with Gasteiger partial charge in [0.15, 0.2) is 0 Å². The van der Waals surface area contributed by atoms with Gasteiger partial charge in [-0.1, -0.05) is 6.07 Å². The maximum absolute atomic E-state index is 11.0. The molecule has 0 saturated heterocycles. The first-order valence-electron chi connectivity index (χ1n) is 6.26. The number of aliphatic hydroxyl groups is 1. The standard InChI is InChI=1S/C15H15NO5/c1-10-7-13(4-3-11(10)9-17)21-15-8-12(20-2)5-6-14(15)16(18)19/h3-8,17H,9H2,1-2H3. The number of hydrogen-bond donors (Lipinski definition) is 1. The van der Waals surface area contributed by atoms with Crippen molar-refractivity contribution in [3.63, 3.8) is 0 Å². The number of benzene rings is 2. The Morgan fingerprint density at radius 1 is 1.19 bits per heavy atom. The van der Waals surface area contributed by atoms with Crippen molar-refractivity contribution < 1.29 is 19.5 Å². The van der Waals surface area contributed by atoms with Gasteiger partial charge in [0, 0.05) is 12.1 Å². The van der Waals surface area contributed by atoms with E-state index < -0.39 is 4.92 Å². The molecule has 0 aliphatic heterocycles. The fraction of sp³-hybridized carbons (Fsp3) is 0.200. The summed E-state index contributed by atoms with van der Waals surface area (Å²) in [6.45, 7) is 1.77. The third-order valence-electron chi connectivity index (χ3n) is 3.08. The van der Waals surface area contributed by atoms with E-state index in [2.05, 4.69) is 0 Å². The molecule has 0 aromatic heterocycles. The molecular formula is C15H15NO5. The molecule has 0 atom stereocenters. The lowest BCUT2D eigenvalue weighted by Crippen LogP contribution is -1.95. The Morgan fingerprint density at radius 2 is 1.90 bits per heavy atom. The third kappa shape index (κ3) is 3.29. The summed E-state index contributed by atoms with van der Waals surface area (Å²) < 4.78 is 10.6. The molecule has 2 aromatic rings. The van der Waals surface area contributed by atoms with Crippen molar-refractivity contribution in [2.24, 2.45) is 0 Å². The lowest BCUT2D eigenvalue weighted by Gasteiger charge is -2.10. The number of ether oxygens (including phenoxy) is 2. The third-order valence-corrected chi connectivity index (χ3v) is 3.08. The van der Waals surface area contributed by atoms with Gasteiger partial charge in [-0.3, -0.25) is 10.1 Å². The molecule has 0 amide bonds. The summed E-state index contributed by atoms with van der Waals surface area (Å²) in [5, 5.41) is 20.2. The van der Waals surface area contributed by atoms with Gasteiger partial charge in [0.05, 0.1) is 18.6 Å². The van der Waals surface area contributed by atoms with Crippen LogP contribution in [0.4, 0.5) is 5.69 Å². The smallest absolute Gasteiger partial charge is 0.311 e. The zero-order valence-corrected chi connectivity index (χ0v) is 11.7. The van der Waals surface area contributed by atoms with Gasteiger partial charge in [0.2, 0.25) is 5.75 Å². The van der Waals surface area contributed by atoms with Crippen molar-refractivity contribution in [1.29, 1.82) is 0 Å². The second kappa shape index (κ2) is 6.23. The predicted molar refractivity (Wildman–Crippen MR) is 76.8 cm³/mol. The molecular weight excluding hydrogens is 274 g/mol. The van der Waals surface area contributed by atoms with Gasteiger partial charge in [-0.15, -0.1) is 0 Å². The van der Waals surface area contributed by atoms with Crippen LogP contribution < -0.4 is 9.47 Å². The molecule has 110 valence electrons. The van der Waals surface area contributed by atoms with E-state index in [4.69, 9.17) is 14.6 Å². The van der Waals surface area contributed by atoms with Gasteiger partial charge in [0.25, 0.3) is 0 Å². The monoisotopic (exact) mass is 289 g/mol. The van der Waals surface area contributed by atoms with Crippen molar-refractivity contribution in [2.45, 2.75) is 13.5 Å². The van der Waals surface area contributed by atoms with Crippen molar-refractivity contribution in [1.82, 2.24) is 0 Å². The molecule has 0 aliphatic rings. The Morgan fingerprint density at radius 3 is 2.48 bits per heavy atom. The number of nitro groups is 1. The maximum Gasteiger partial charge on any atom is 0.311 e. The van der Waals surface area contributed by atoms with Gasteiger partial charge >= 0.3 is 5.69 Å². The van der Waals surface area contributed by atoms with Gasteiger partial charge < -0.3 is 14.6 Å². The van der Waals surface area contributed by atoms with Crippen LogP contribution in [0.2, 0.25) is 0 Å². The van der Waals surface area contributed by atoms with Gasteiger partial charge in [0.1, 0.15) is 11.5 Å². The summed E-state index contributed by atoms with van der Waals surface area (Å²) in [5.41, 5.74) is 1.49. The van der Waals surface area contributed by atoms with Gasteiger partial charge in [-0.25, -0.2) is 0 Å². The first kappa shape index (κ1) is 14.8. The second-order valence-electron chi connectivity index (χ2n) is 4.44. The van der Waals surface area contributed by atoms with E-state index in [1.807, 2.05) is 6.92 Å². The zero-order chi connectivity index (χ0) is 15.4. The Balaban J connectivity index is 2.37. The first-order chi connectivity index (χ1) is 10.0. The van der Waals surface area contributed by atoms with E-state index >= 15 is 0 Å². The van der Waals surface area contributed by atoms with Crippen LogP contribution in [0.25, 0.3) is 0 Å². The SMILES string of the molecule is COc1ccc([N+](=O)[O-])c(Oc2ccc(CO)c(C)c2)c1. The highest BCUT2D eigenvalue weighted by molar-refractivity contribution is 5.52. The molecule has 0 radical (unpaired) electrons. The fourth-order valence-corrected chi connectivity index (χ4v) is 1.89. The number of nitro benzene ring substituents is 1. The van der Waals surface area contributed by atoms with Crippen LogP contribution in [0.1, 0.15) is 11.1 Å². The van der Waals surface area contributed by atoms with E-state index in [1.54, 1.807) is 18.2 Å². The highest BCUT2D eigenvalue weighted by Crippen LogP contribution is 2.35. The normalized spacial score (nSPS) is 10.2. The molecule has 0 aliphatic carbocycles. The van der Waals surface area contributed by atoms with Crippen LogP contribution in [0.15, 0.2) is 36.4 Å². The van der Waals surface area contributed by atoms with Crippen LogP contribution in [0.5, 0.6) is 17.2 Å². The number of rotatable bonds is 5. The molecule has 0 unspecified atom stereocenters. The minimum atomic E-state index is -0.510. The summed E-state index contributed by atoms with van der Waals surface area (Å²) in [5.74, 6) is 1.04. The van der Waals surface area contributed by atoms with Gasteiger partial charge in [-0.2, -0.15) is 0 Å². The van der Waals surface area contributed by atoms with E-state index in [9.17, 15) is 10.1 Å². The number of aliphatic hydroxyl groups excluding tert-OH is 1. The lowest BCUT2D eigenvalue weighted by molar-refractivity contribution is -0.385. The number of aryl methyl sites for hydroxylation is 1. The van der Waals surface area contributed by atoms with Crippen molar-refractivity contribution in [2.75, 3.05) is 7.11 Å². The number of hydrogen-bond acceptors (Lipinski definition) is 5. The van der Waals surface area contributed by atoms with Crippen LogP contribution in [0, 0.1) is 17.0 Å². The topological polar surface area (TPSA) is 81.8 Å². The molecule has 0 heterocycles. The average Bonchev–Trinajstić information content (AvgIpc) is 2.47. The molecule has 0 spiro atoms.